The lowest BCUT2D eigenvalue weighted by Gasteiger charge is -2.36. The zero-order valence-corrected chi connectivity index (χ0v) is 17.4. The molecule has 0 bridgehead atoms. The van der Waals surface area contributed by atoms with E-state index in [1.54, 1.807) is 48.5 Å². The highest BCUT2D eigenvalue weighted by Gasteiger charge is 2.49. The van der Waals surface area contributed by atoms with Gasteiger partial charge in [-0.15, -0.1) is 0 Å². The van der Waals surface area contributed by atoms with Crippen LogP contribution in [0.1, 0.15) is 49.9 Å². The normalized spacial score (nSPS) is 17.0. The molecule has 0 saturated carbocycles. The average molecular weight is 424 g/mol. The summed E-state index contributed by atoms with van der Waals surface area (Å²) in [5.41, 5.74) is 2.49. The van der Waals surface area contributed by atoms with E-state index < -0.39 is 11.8 Å². The first kappa shape index (κ1) is 20.1. The summed E-state index contributed by atoms with van der Waals surface area (Å²) in [6.07, 6.45) is 0.727. The fourth-order valence-corrected chi connectivity index (χ4v) is 4.36. The molecule has 4 aromatic rings. The van der Waals surface area contributed by atoms with E-state index in [1.807, 2.05) is 43.3 Å². The molecule has 4 aromatic carbocycles. The van der Waals surface area contributed by atoms with Crippen molar-refractivity contribution >= 4 is 22.5 Å². The van der Waals surface area contributed by atoms with Crippen molar-refractivity contribution in [3.63, 3.8) is 0 Å². The number of rotatable bonds is 4. The van der Waals surface area contributed by atoms with Crippen LogP contribution in [0.3, 0.4) is 0 Å². The lowest BCUT2D eigenvalue weighted by Crippen LogP contribution is -2.41. The molecule has 0 aromatic heterocycles. The topological polar surface area (TPSA) is 72.8 Å². The van der Waals surface area contributed by atoms with Crippen LogP contribution in [0.4, 0.5) is 0 Å². The van der Waals surface area contributed by atoms with Gasteiger partial charge in [0.1, 0.15) is 0 Å². The average Bonchev–Trinajstić information content (AvgIpc) is 2.85. The first-order chi connectivity index (χ1) is 15.6. The Bertz CT molecular complexity index is 1370. The third-order valence-corrected chi connectivity index (χ3v) is 5.99. The SMILES string of the molecule is CCc1ccc2c(c1)C(=O)c1ccccc1C2(OO)OC(=O)c1cccc2ccccc12. The zero-order chi connectivity index (χ0) is 22.3. The Labute approximate surface area is 184 Å². The fourth-order valence-electron chi connectivity index (χ4n) is 4.36. The quantitative estimate of drug-likeness (QED) is 0.203. The summed E-state index contributed by atoms with van der Waals surface area (Å²) in [4.78, 5) is 31.6. The van der Waals surface area contributed by atoms with Crippen LogP contribution in [0.15, 0.2) is 84.9 Å². The predicted octanol–water partition coefficient (Wildman–Crippen LogP) is 5.49. The predicted molar refractivity (Wildman–Crippen MR) is 120 cm³/mol. The van der Waals surface area contributed by atoms with Gasteiger partial charge >= 0.3 is 5.97 Å². The van der Waals surface area contributed by atoms with Crippen molar-refractivity contribution in [1.82, 2.24) is 0 Å². The van der Waals surface area contributed by atoms with Gasteiger partial charge in [-0.05, 0) is 34.9 Å². The Hall–Kier alpha value is -3.80. The number of hydrogen-bond donors (Lipinski definition) is 1. The van der Waals surface area contributed by atoms with E-state index in [9.17, 15) is 14.8 Å². The van der Waals surface area contributed by atoms with Crippen molar-refractivity contribution in [3.8, 4) is 0 Å². The molecule has 0 spiro atoms. The highest BCUT2D eigenvalue weighted by molar-refractivity contribution is 6.13. The highest BCUT2D eigenvalue weighted by atomic mass is 17.1. The Morgan fingerprint density at radius 1 is 0.875 bits per heavy atom. The lowest BCUT2D eigenvalue weighted by atomic mass is 9.79. The van der Waals surface area contributed by atoms with E-state index >= 15 is 0 Å². The fraction of sp³-hybridized carbons (Fsp3) is 0.111. The van der Waals surface area contributed by atoms with Gasteiger partial charge in [-0.3, -0.25) is 4.79 Å². The van der Waals surface area contributed by atoms with Crippen LogP contribution in [-0.4, -0.2) is 17.0 Å². The minimum Gasteiger partial charge on any atom is -0.418 e. The monoisotopic (exact) mass is 424 g/mol. The Morgan fingerprint density at radius 3 is 2.41 bits per heavy atom. The molecule has 1 aliphatic carbocycles. The molecule has 5 heteroatoms. The largest absolute Gasteiger partial charge is 0.418 e. The van der Waals surface area contributed by atoms with Crippen LogP contribution in [0.25, 0.3) is 10.8 Å². The summed E-state index contributed by atoms with van der Waals surface area (Å²) in [5, 5.41) is 11.8. The molecule has 0 radical (unpaired) electrons. The van der Waals surface area contributed by atoms with Crippen molar-refractivity contribution in [3.05, 3.63) is 118 Å². The molecule has 5 rings (SSSR count). The van der Waals surface area contributed by atoms with Gasteiger partial charge in [0.05, 0.1) is 5.56 Å². The van der Waals surface area contributed by atoms with Crippen LogP contribution in [0.2, 0.25) is 0 Å². The molecule has 1 unspecified atom stereocenters. The van der Waals surface area contributed by atoms with Gasteiger partial charge in [-0.25, -0.2) is 10.1 Å². The van der Waals surface area contributed by atoms with Gasteiger partial charge in [0, 0.05) is 22.3 Å². The van der Waals surface area contributed by atoms with Gasteiger partial charge in [-0.1, -0.05) is 79.7 Å². The standard InChI is InChI=1S/C27H20O5/c1-2-17-14-15-24-22(16-17)25(28)21-11-5-6-13-23(21)27(24,32-30)31-26(29)20-12-7-9-18-8-3-4-10-19(18)20/h3-16,30H,2H2,1H3. The zero-order valence-electron chi connectivity index (χ0n) is 17.4. The minimum absolute atomic E-state index is 0.209. The van der Waals surface area contributed by atoms with Gasteiger partial charge in [-0.2, -0.15) is 4.89 Å². The number of aryl methyl sites for hydroxylation is 1. The number of benzene rings is 4. The molecule has 0 aliphatic heterocycles. The second-order valence-corrected chi connectivity index (χ2v) is 7.73. The summed E-state index contributed by atoms with van der Waals surface area (Å²) in [6, 6.07) is 24.8. The van der Waals surface area contributed by atoms with Gasteiger partial charge in [0.25, 0.3) is 5.79 Å². The van der Waals surface area contributed by atoms with E-state index in [-0.39, 0.29) is 16.9 Å². The molecular formula is C27H20O5. The Kier molecular flexibility index (Phi) is 4.85. The van der Waals surface area contributed by atoms with E-state index in [1.165, 1.54) is 0 Å². The maximum Gasteiger partial charge on any atom is 0.341 e. The number of hydrogen-bond acceptors (Lipinski definition) is 5. The van der Waals surface area contributed by atoms with Gasteiger partial charge < -0.3 is 4.74 Å². The van der Waals surface area contributed by atoms with E-state index in [0.717, 1.165) is 22.8 Å². The van der Waals surface area contributed by atoms with E-state index in [4.69, 9.17) is 9.62 Å². The molecule has 1 N–H and O–H groups in total. The van der Waals surface area contributed by atoms with Crippen LogP contribution in [0.5, 0.6) is 0 Å². The third kappa shape index (κ3) is 2.94. The number of carbonyl (C=O) groups excluding carboxylic acids is 2. The van der Waals surface area contributed by atoms with Gasteiger partial charge in [0.2, 0.25) is 0 Å². The summed E-state index contributed by atoms with van der Waals surface area (Å²) in [7, 11) is 0. The third-order valence-electron chi connectivity index (χ3n) is 5.99. The number of esters is 1. The molecule has 1 aliphatic rings. The van der Waals surface area contributed by atoms with Crippen LogP contribution < -0.4 is 0 Å². The molecule has 5 nitrogen and oxygen atoms in total. The molecule has 0 heterocycles. The number of fused-ring (bicyclic) bond motifs is 3. The molecule has 0 saturated heterocycles. The van der Waals surface area contributed by atoms with Gasteiger partial charge in [0.15, 0.2) is 5.78 Å². The second-order valence-electron chi connectivity index (χ2n) is 7.73. The van der Waals surface area contributed by atoms with Crippen LogP contribution in [-0.2, 0) is 21.8 Å². The first-order valence-corrected chi connectivity index (χ1v) is 10.4. The summed E-state index contributed by atoms with van der Waals surface area (Å²) in [6.45, 7) is 1.99. The molecule has 32 heavy (non-hydrogen) atoms. The maximum atomic E-state index is 13.4. The molecule has 0 fully saturated rings. The Balaban J connectivity index is 1.70. The number of ketones is 1. The highest BCUT2D eigenvalue weighted by Crippen LogP contribution is 2.44. The summed E-state index contributed by atoms with van der Waals surface area (Å²) < 4.78 is 5.93. The van der Waals surface area contributed by atoms with Crippen LogP contribution in [0, 0.1) is 0 Å². The lowest BCUT2D eigenvalue weighted by molar-refractivity contribution is -0.380. The van der Waals surface area contributed by atoms with Crippen molar-refractivity contribution in [1.29, 1.82) is 0 Å². The first-order valence-electron chi connectivity index (χ1n) is 10.4. The Morgan fingerprint density at radius 2 is 1.59 bits per heavy atom. The summed E-state index contributed by atoms with van der Waals surface area (Å²) >= 11 is 0. The van der Waals surface area contributed by atoms with Crippen LogP contribution >= 0.6 is 0 Å². The second kappa shape index (κ2) is 7.71. The smallest absolute Gasteiger partial charge is 0.341 e. The molecule has 1 atom stereocenters. The molecular weight excluding hydrogens is 404 g/mol. The number of ether oxygens (including phenoxy) is 1. The number of carbonyl (C=O) groups is 2. The molecule has 158 valence electrons. The molecule has 0 amide bonds. The van der Waals surface area contributed by atoms with E-state index in [0.29, 0.717) is 16.7 Å². The maximum absolute atomic E-state index is 13.4. The van der Waals surface area contributed by atoms with Crippen molar-refractivity contribution in [2.24, 2.45) is 0 Å². The minimum atomic E-state index is -1.97. The van der Waals surface area contributed by atoms with E-state index in [2.05, 4.69) is 0 Å². The van der Waals surface area contributed by atoms with Crippen molar-refractivity contribution in [2.45, 2.75) is 19.1 Å². The van der Waals surface area contributed by atoms with Crippen molar-refractivity contribution in [2.75, 3.05) is 0 Å². The van der Waals surface area contributed by atoms with Crippen molar-refractivity contribution < 1.29 is 24.5 Å². The summed E-state index contributed by atoms with van der Waals surface area (Å²) in [5.74, 6) is -2.86.